The normalized spacial score (nSPS) is 21.7. The van der Waals surface area contributed by atoms with Crippen LogP contribution in [0.15, 0.2) is 12.7 Å². The highest BCUT2D eigenvalue weighted by atomic mass is 16.7. The lowest BCUT2D eigenvalue weighted by molar-refractivity contribution is -0.157. The number of hydrogen-bond acceptors (Lipinski definition) is 3. The SMILES string of the molecule is C=CC(C(=O)O)C1COCOC1. The lowest BCUT2D eigenvalue weighted by atomic mass is 9.93. The van der Waals surface area contributed by atoms with Crippen LogP contribution in [-0.4, -0.2) is 31.1 Å². The van der Waals surface area contributed by atoms with E-state index in [1.165, 1.54) is 6.08 Å². The molecule has 1 atom stereocenters. The van der Waals surface area contributed by atoms with Crippen molar-refractivity contribution in [1.29, 1.82) is 0 Å². The van der Waals surface area contributed by atoms with Gasteiger partial charge < -0.3 is 14.6 Å². The zero-order valence-electron chi connectivity index (χ0n) is 6.73. The second-order valence-electron chi connectivity index (χ2n) is 2.72. The van der Waals surface area contributed by atoms with Crippen molar-refractivity contribution in [3.05, 3.63) is 12.7 Å². The Hall–Kier alpha value is -0.870. The molecule has 0 amide bonds. The average molecular weight is 172 g/mol. The minimum Gasteiger partial charge on any atom is -0.481 e. The molecular weight excluding hydrogens is 160 g/mol. The molecule has 1 saturated heterocycles. The van der Waals surface area contributed by atoms with Crippen LogP contribution in [0.2, 0.25) is 0 Å². The first-order chi connectivity index (χ1) is 5.75. The monoisotopic (exact) mass is 172 g/mol. The fourth-order valence-electron chi connectivity index (χ4n) is 1.21. The van der Waals surface area contributed by atoms with Crippen molar-refractivity contribution in [2.45, 2.75) is 0 Å². The summed E-state index contributed by atoms with van der Waals surface area (Å²) in [5, 5.41) is 8.74. The van der Waals surface area contributed by atoms with Gasteiger partial charge in [0.1, 0.15) is 6.79 Å². The molecule has 0 aromatic carbocycles. The summed E-state index contributed by atoms with van der Waals surface area (Å²) in [5.41, 5.74) is 0. The Bertz CT molecular complexity index is 172. The Morgan fingerprint density at radius 2 is 2.17 bits per heavy atom. The lowest BCUT2D eigenvalue weighted by Gasteiger charge is -2.25. The van der Waals surface area contributed by atoms with E-state index in [0.717, 1.165) is 0 Å². The van der Waals surface area contributed by atoms with Crippen molar-refractivity contribution in [1.82, 2.24) is 0 Å². The fourth-order valence-corrected chi connectivity index (χ4v) is 1.21. The highest BCUT2D eigenvalue weighted by Gasteiger charge is 2.27. The van der Waals surface area contributed by atoms with E-state index in [2.05, 4.69) is 6.58 Å². The number of rotatable bonds is 3. The number of ether oxygens (including phenoxy) is 2. The van der Waals surface area contributed by atoms with Gasteiger partial charge in [0.25, 0.3) is 0 Å². The van der Waals surface area contributed by atoms with Gasteiger partial charge in [0.2, 0.25) is 0 Å². The van der Waals surface area contributed by atoms with Crippen LogP contribution >= 0.6 is 0 Å². The Labute approximate surface area is 70.8 Å². The second kappa shape index (κ2) is 4.23. The molecule has 0 spiro atoms. The summed E-state index contributed by atoms with van der Waals surface area (Å²) < 4.78 is 9.96. The fraction of sp³-hybridized carbons (Fsp3) is 0.625. The Morgan fingerprint density at radius 3 is 2.58 bits per heavy atom. The molecule has 0 aromatic heterocycles. The van der Waals surface area contributed by atoms with E-state index in [4.69, 9.17) is 14.6 Å². The number of hydrogen-bond donors (Lipinski definition) is 1. The molecule has 1 rings (SSSR count). The van der Waals surface area contributed by atoms with Gasteiger partial charge in [-0.05, 0) is 0 Å². The van der Waals surface area contributed by atoms with E-state index in [9.17, 15) is 4.79 Å². The molecule has 0 radical (unpaired) electrons. The van der Waals surface area contributed by atoms with Crippen molar-refractivity contribution in [3.8, 4) is 0 Å². The van der Waals surface area contributed by atoms with E-state index in [1.807, 2.05) is 0 Å². The van der Waals surface area contributed by atoms with Gasteiger partial charge in [-0.15, -0.1) is 6.58 Å². The largest absolute Gasteiger partial charge is 0.481 e. The van der Waals surface area contributed by atoms with Crippen LogP contribution < -0.4 is 0 Å². The topological polar surface area (TPSA) is 55.8 Å². The molecule has 0 saturated carbocycles. The lowest BCUT2D eigenvalue weighted by Crippen LogP contribution is -2.33. The molecule has 0 bridgehead atoms. The van der Waals surface area contributed by atoms with Crippen LogP contribution in [0.3, 0.4) is 0 Å². The number of carboxylic acids is 1. The minimum atomic E-state index is -0.871. The van der Waals surface area contributed by atoms with Crippen molar-refractivity contribution < 1.29 is 19.4 Å². The molecule has 0 aromatic rings. The molecule has 1 aliphatic heterocycles. The van der Waals surface area contributed by atoms with Gasteiger partial charge >= 0.3 is 5.97 Å². The van der Waals surface area contributed by atoms with E-state index in [0.29, 0.717) is 13.2 Å². The van der Waals surface area contributed by atoms with Gasteiger partial charge in [0.05, 0.1) is 19.1 Å². The second-order valence-corrected chi connectivity index (χ2v) is 2.72. The summed E-state index contributed by atoms with van der Waals surface area (Å²) in [4.78, 5) is 10.6. The molecule has 0 aliphatic carbocycles. The third kappa shape index (κ3) is 2.06. The van der Waals surface area contributed by atoms with Crippen molar-refractivity contribution in [3.63, 3.8) is 0 Å². The standard InChI is InChI=1S/C8H12O4/c1-2-7(8(9)10)6-3-11-5-12-4-6/h2,6-7H,1,3-5H2,(H,9,10). The van der Waals surface area contributed by atoms with Crippen LogP contribution in [0.4, 0.5) is 0 Å². The molecule has 4 heteroatoms. The van der Waals surface area contributed by atoms with E-state index >= 15 is 0 Å². The van der Waals surface area contributed by atoms with E-state index in [-0.39, 0.29) is 12.7 Å². The molecule has 68 valence electrons. The number of aliphatic carboxylic acids is 1. The maximum atomic E-state index is 10.6. The van der Waals surface area contributed by atoms with Gasteiger partial charge in [0, 0.05) is 5.92 Å². The first kappa shape index (κ1) is 9.22. The van der Waals surface area contributed by atoms with Crippen LogP contribution in [-0.2, 0) is 14.3 Å². The summed E-state index contributed by atoms with van der Waals surface area (Å²) in [5.74, 6) is -1.54. The molecule has 1 unspecified atom stereocenters. The van der Waals surface area contributed by atoms with Crippen molar-refractivity contribution in [2.75, 3.05) is 20.0 Å². The highest BCUT2D eigenvalue weighted by Crippen LogP contribution is 2.17. The predicted molar refractivity (Wildman–Crippen MR) is 41.6 cm³/mol. The Kier molecular flexibility index (Phi) is 3.25. The first-order valence-electron chi connectivity index (χ1n) is 3.76. The third-order valence-electron chi connectivity index (χ3n) is 1.88. The summed E-state index contributed by atoms with van der Waals surface area (Å²) in [6.45, 7) is 4.60. The Morgan fingerprint density at radius 1 is 1.58 bits per heavy atom. The van der Waals surface area contributed by atoms with Gasteiger partial charge in [-0.3, -0.25) is 4.79 Å². The van der Waals surface area contributed by atoms with Gasteiger partial charge in [-0.2, -0.15) is 0 Å². The maximum Gasteiger partial charge on any atom is 0.310 e. The van der Waals surface area contributed by atoms with Gasteiger partial charge in [0.15, 0.2) is 0 Å². The maximum absolute atomic E-state index is 10.6. The Balaban J connectivity index is 2.51. The molecule has 4 nitrogen and oxygen atoms in total. The number of carbonyl (C=O) groups is 1. The molecular formula is C8H12O4. The summed E-state index contributed by atoms with van der Waals surface area (Å²) in [6, 6.07) is 0. The zero-order chi connectivity index (χ0) is 8.97. The molecule has 1 fully saturated rings. The quantitative estimate of drug-likeness (QED) is 0.629. The predicted octanol–water partition coefficient (Wildman–Crippen LogP) is 0.494. The van der Waals surface area contributed by atoms with E-state index < -0.39 is 11.9 Å². The van der Waals surface area contributed by atoms with Gasteiger partial charge in [-0.1, -0.05) is 6.08 Å². The smallest absolute Gasteiger partial charge is 0.310 e. The van der Waals surface area contributed by atoms with Crippen LogP contribution in [0.5, 0.6) is 0 Å². The molecule has 1 heterocycles. The average Bonchev–Trinajstić information content (AvgIpc) is 2.07. The third-order valence-corrected chi connectivity index (χ3v) is 1.88. The van der Waals surface area contributed by atoms with Crippen LogP contribution in [0, 0.1) is 11.8 Å². The van der Waals surface area contributed by atoms with Crippen molar-refractivity contribution >= 4 is 5.97 Å². The first-order valence-corrected chi connectivity index (χ1v) is 3.76. The summed E-state index contributed by atoms with van der Waals surface area (Å²) in [7, 11) is 0. The molecule has 12 heavy (non-hydrogen) atoms. The number of carboxylic acid groups (broad SMARTS) is 1. The minimum absolute atomic E-state index is 0.103. The van der Waals surface area contributed by atoms with Crippen molar-refractivity contribution in [2.24, 2.45) is 11.8 Å². The van der Waals surface area contributed by atoms with Gasteiger partial charge in [-0.25, -0.2) is 0 Å². The summed E-state index contributed by atoms with van der Waals surface area (Å²) in [6.07, 6.45) is 1.42. The van der Waals surface area contributed by atoms with Crippen LogP contribution in [0.25, 0.3) is 0 Å². The van der Waals surface area contributed by atoms with E-state index in [1.54, 1.807) is 0 Å². The highest BCUT2D eigenvalue weighted by molar-refractivity contribution is 5.72. The molecule has 1 N–H and O–H groups in total. The zero-order valence-corrected chi connectivity index (χ0v) is 6.73. The van der Waals surface area contributed by atoms with Crippen LogP contribution in [0.1, 0.15) is 0 Å². The molecule has 1 aliphatic rings. The summed E-state index contributed by atoms with van der Waals surface area (Å²) >= 11 is 0.